The minimum absolute atomic E-state index is 0.00587. The number of ether oxygens (including phenoxy) is 1. The van der Waals surface area contributed by atoms with Crippen molar-refractivity contribution in [3.63, 3.8) is 0 Å². The lowest BCUT2D eigenvalue weighted by Gasteiger charge is -2.24. The molecule has 0 bridgehead atoms. The molecule has 3 heterocycles. The lowest BCUT2D eigenvalue weighted by molar-refractivity contribution is -0.248. The summed E-state index contributed by atoms with van der Waals surface area (Å²) in [5.41, 5.74) is -0.612. The number of halogens is 5. The van der Waals surface area contributed by atoms with Crippen LogP contribution in [-0.2, 0) is 0 Å². The first-order valence-electron chi connectivity index (χ1n) is 13.0. The minimum atomic E-state index is -5.92. The first-order valence-corrected chi connectivity index (χ1v) is 13.0. The van der Waals surface area contributed by atoms with E-state index in [2.05, 4.69) is 30.1 Å². The van der Waals surface area contributed by atoms with Gasteiger partial charge in [-0.3, -0.25) is 0 Å². The van der Waals surface area contributed by atoms with E-state index in [9.17, 15) is 22.0 Å². The average Bonchev–Trinajstić information content (AvgIpc) is 3.52. The van der Waals surface area contributed by atoms with Crippen LogP contribution in [0.25, 0.3) is 22.4 Å². The fraction of sp³-hybridized carbons (Fsp3) is 0.321. The number of hydrogen-bond acceptors (Lipinski definition) is 7. The second-order valence-corrected chi connectivity index (χ2v) is 9.36. The molecule has 0 atom stereocenters. The highest BCUT2D eigenvalue weighted by atomic mass is 19.4. The van der Waals surface area contributed by atoms with Crippen LogP contribution in [0.2, 0.25) is 0 Å². The van der Waals surface area contributed by atoms with Crippen LogP contribution in [-0.4, -0.2) is 63.6 Å². The van der Waals surface area contributed by atoms with E-state index in [1.807, 2.05) is 26.0 Å². The van der Waals surface area contributed by atoms with E-state index in [0.29, 0.717) is 10.3 Å². The van der Waals surface area contributed by atoms with Crippen LogP contribution in [0.3, 0.4) is 0 Å². The topological polar surface area (TPSA) is 80.8 Å². The van der Waals surface area contributed by atoms with Crippen molar-refractivity contribution in [3.05, 3.63) is 60.4 Å². The summed E-state index contributed by atoms with van der Waals surface area (Å²) in [5, 5.41) is 8.42. The van der Waals surface area contributed by atoms with E-state index in [4.69, 9.17) is 4.74 Å². The molecular formula is C28H26F5N7O. The van der Waals surface area contributed by atoms with Crippen LogP contribution in [0.5, 0.6) is 5.75 Å². The van der Waals surface area contributed by atoms with Crippen LogP contribution < -0.4 is 9.64 Å². The number of fused-ring (bicyclic) bond motifs is 2. The maximum atomic E-state index is 14.7. The number of para-hydroxylation sites is 1. The number of rotatable bonds is 9. The minimum Gasteiger partial charge on any atom is -0.494 e. The highest BCUT2D eigenvalue weighted by molar-refractivity contribution is 6.51. The molecule has 5 rings (SSSR count). The Bertz CT molecular complexity index is 1640. The highest BCUT2D eigenvalue weighted by Crippen LogP contribution is 2.40. The third-order valence-corrected chi connectivity index (χ3v) is 6.45. The van der Waals surface area contributed by atoms with Gasteiger partial charge < -0.3 is 9.64 Å². The molecule has 0 aliphatic carbocycles. The van der Waals surface area contributed by atoms with Crippen molar-refractivity contribution in [1.29, 1.82) is 0 Å². The molecule has 1 aliphatic rings. The summed E-state index contributed by atoms with van der Waals surface area (Å²) in [4.78, 5) is 15.7. The molecule has 0 spiro atoms. The number of benzene rings is 2. The van der Waals surface area contributed by atoms with Crippen molar-refractivity contribution >= 4 is 33.7 Å². The van der Waals surface area contributed by atoms with Crippen LogP contribution >= 0.6 is 0 Å². The third-order valence-electron chi connectivity index (χ3n) is 6.45. The Morgan fingerprint density at radius 2 is 1.66 bits per heavy atom. The molecule has 0 radical (unpaired) electrons. The number of aliphatic imine (C=N–C) groups is 1. The summed E-state index contributed by atoms with van der Waals surface area (Å²) in [7, 11) is 1.37. The molecule has 2 aromatic carbocycles. The smallest absolute Gasteiger partial charge is 0.459 e. The average molecular weight is 572 g/mol. The molecule has 2 aromatic heterocycles. The van der Waals surface area contributed by atoms with Gasteiger partial charge in [-0.05, 0) is 37.1 Å². The molecule has 0 amide bonds. The standard InChI is InChI=1S/C28H26F5N7O/c1-4-14-39(15-5-2)18-11-13-20(22(16-18)41-3)35-23-24(27(29,30)28(31,32)33)37-40-26(23)36-25(38-40)21-12-10-17-8-6-7-9-19(17)34-21/h6-13,16H,4-5,14-15H2,1-3H3. The number of nitrogens with zero attached hydrogens (tertiary/aromatic N) is 7. The Hall–Kier alpha value is -4.42. The normalized spacial score (nSPS) is 14.4. The zero-order chi connectivity index (χ0) is 29.4. The van der Waals surface area contributed by atoms with E-state index < -0.39 is 23.5 Å². The summed E-state index contributed by atoms with van der Waals surface area (Å²) in [5.74, 6) is -5.51. The van der Waals surface area contributed by atoms with E-state index in [0.717, 1.165) is 37.0 Å². The van der Waals surface area contributed by atoms with Crippen molar-refractivity contribution < 1.29 is 26.7 Å². The lowest BCUT2D eigenvalue weighted by atomic mass is 10.1. The lowest BCUT2D eigenvalue weighted by Crippen LogP contribution is -2.46. The monoisotopic (exact) mass is 571 g/mol. The van der Waals surface area contributed by atoms with Crippen LogP contribution in [0.15, 0.2) is 64.7 Å². The number of methoxy groups -OCH3 is 1. The van der Waals surface area contributed by atoms with Gasteiger partial charge in [0.15, 0.2) is 5.71 Å². The third kappa shape index (κ3) is 5.23. The highest BCUT2D eigenvalue weighted by Gasteiger charge is 2.64. The summed E-state index contributed by atoms with van der Waals surface area (Å²) in [6.07, 6.45) is -4.14. The zero-order valence-corrected chi connectivity index (χ0v) is 22.5. The molecule has 41 heavy (non-hydrogen) atoms. The molecule has 4 aromatic rings. The van der Waals surface area contributed by atoms with E-state index in [-0.39, 0.29) is 28.8 Å². The molecule has 8 nitrogen and oxygen atoms in total. The van der Waals surface area contributed by atoms with Gasteiger partial charge >= 0.3 is 12.1 Å². The van der Waals surface area contributed by atoms with Gasteiger partial charge in [0, 0.05) is 30.2 Å². The summed E-state index contributed by atoms with van der Waals surface area (Å²) >= 11 is 0. The van der Waals surface area contributed by atoms with Gasteiger partial charge in [0.05, 0.1) is 12.6 Å². The summed E-state index contributed by atoms with van der Waals surface area (Å²) in [6, 6.07) is 15.6. The number of alkyl halides is 5. The molecular weight excluding hydrogens is 545 g/mol. The Kier molecular flexibility index (Phi) is 7.45. The molecule has 1 aliphatic heterocycles. The van der Waals surface area contributed by atoms with E-state index >= 15 is 0 Å². The van der Waals surface area contributed by atoms with Crippen LogP contribution in [0.1, 0.15) is 32.5 Å². The summed E-state index contributed by atoms with van der Waals surface area (Å²) in [6.45, 7) is 5.63. The second-order valence-electron chi connectivity index (χ2n) is 9.36. The van der Waals surface area contributed by atoms with Gasteiger partial charge in [0.25, 0.3) is 0 Å². The molecule has 0 N–H and O–H groups in total. The maximum Gasteiger partial charge on any atom is 0.459 e. The predicted octanol–water partition coefficient (Wildman–Crippen LogP) is 6.66. The molecule has 0 saturated carbocycles. The second kappa shape index (κ2) is 10.9. The van der Waals surface area contributed by atoms with Gasteiger partial charge in [-0.15, -0.1) is 15.0 Å². The van der Waals surface area contributed by atoms with Gasteiger partial charge in [-0.2, -0.15) is 22.0 Å². The molecule has 13 heteroatoms. The SMILES string of the molecule is CCCN(CCC)c1ccc(N=C2C(C(F)(F)C(F)(F)F)=Nn3nc(-c4ccc5ccccc5n4)nc32)c(OC)c1. The van der Waals surface area contributed by atoms with Gasteiger partial charge in [-0.25, -0.2) is 15.0 Å². The number of hydrogen-bond donors (Lipinski definition) is 0. The maximum absolute atomic E-state index is 14.7. The fourth-order valence-corrected chi connectivity index (χ4v) is 4.50. The van der Waals surface area contributed by atoms with Crippen molar-refractivity contribution in [3.8, 4) is 17.3 Å². The zero-order valence-electron chi connectivity index (χ0n) is 22.5. The first kappa shape index (κ1) is 28.1. The van der Waals surface area contributed by atoms with E-state index in [1.165, 1.54) is 13.2 Å². The van der Waals surface area contributed by atoms with Crippen LogP contribution in [0.4, 0.5) is 33.3 Å². The quantitative estimate of drug-likeness (QED) is 0.210. The Labute approximate surface area is 232 Å². The first-order chi connectivity index (χ1) is 19.6. The molecule has 214 valence electrons. The predicted molar refractivity (Wildman–Crippen MR) is 147 cm³/mol. The van der Waals surface area contributed by atoms with Gasteiger partial charge in [-0.1, -0.05) is 38.1 Å². The summed E-state index contributed by atoms with van der Waals surface area (Å²) < 4.78 is 75.3. The fourth-order valence-electron chi connectivity index (χ4n) is 4.50. The largest absolute Gasteiger partial charge is 0.494 e. The molecule has 0 fully saturated rings. The number of anilines is 1. The van der Waals surface area contributed by atoms with Crippen molar-refractivity contribution in [2.45, 2.75) is 38.8 Å². The van der Waals surface area contributed by atoms with Crippen LogP contribution in [0, 0.1) is 0 Å². The number of pyridine rings is 1. The Morgan fingerprint density at radius 1 is 0.927 bits per heavy atom. The van der Waals surface area contributed by atoms with Crippen molar-refractivity contribution in [2.75, 3.05) is 25.1 Å². The van der Waals surface area contributed by atoms with Gasteiger partial charge in [0.2, 0.25) is 11.6 Å². The van der Waals surface area contributed by atoms with Crippen molar-refractivity contribution in [2.24, 2.45) is 10.1 Å². The van der Waals surface area contributed by atoms with Gasteiger partial charge in [0.1, 0.15) is 22.8 Å². The van der Waals surface area contributed by atoms with E-state index in [1.54, 1.807) is 36.4 Å². The number of aromatic nitrogens is 4. The Balaban J connectivity index is 1.62. The van der Waals surface area contributed by atoms with Crippen molar-refractivity contribution in [1.82, 2.24) is 19.9 Å². The molecule has 0 saturated heterocycles. The molecule has 0 unspecified atom stereocenters. The Morgan fingerprint density at radius 3 is 2.34 bits per heavy atom.